The molecule has 0 spiro atoms. The molecule has 104 valence electrons. The SMILES string of the molecule is CC1(C)O[C@@H]2[C@H](O1)[C@@H](Br)O[C@@H]1COC(C)(C)O[C@@H]21. The van der Waals surface area contributed by atoms with Gasteiger partial charge in [-0.05, 0) is 27.7 Å². The lowest BCUT2D eigenvalue weighted by molar-refractivity contribution is -0.341. The number of hydrogen-bond acceptors (Lipinski definition) is 5. The first-order valence-electron chi connectivity index (χ1n) is 6.24. The lowest BCUT2D eigenvalue weighted by Gasteiger charge is -2.47. The van der Waals surface area contributed by atoms with Crippen LogP contribution < -0.4 is 0 Å². The molecule has 18 heavy (non-hydrogen) atoms. The van der Waals surface area contributed by atoms with Crippen molar-refractivity contribution in [2.45, 2.75) is 68.7 Å². The quantitative estimate of drug-likeness (QED) is 0.636. The number of alkyl halides is 1. The zero-order chi connectivity index (χ0) is 13.1. The van der Waals surface area contributed by atoms with Crippen LogP contribution >= 0.6 is 15.9 Å². The van der Waals surface area contributed by atoms with E-state index >= 15 is 0 Å². The fourth-order valence-corrected chi connectivity index (χ4v) is 3.41. The summed E-state index contributed by atoms with van der Waals surface area (Å²) in [6.07, 6.45) is -0.572. The van der Waals surface area contributed by atoms with Gasteiger partial charge in [0.25, 0.3) is 0 Å². The summed E-state index contributed by atoms with van der Waals surface area (Å²) in [5, 5.41) is -0.195. The monoisotopic (exact) mass is 322 g/mol. The van der Waals surface area contributed by atoms with Crippen LogP contribution in [0.3, 0.4) is 0 Å². The van der Waals surface area contributed by atoms with E-state index in [1.165, 1.54) is 0 Å². The lowest BCUT2D eigenvalue weighted by atomic mass is 9.99. The van der Waals surface area contributed by atoms with Crippen molar-refractivity contribution in [2.24, 2.45) is 0 Å². The maximum atomic E-state index is 5.97. The van der Waals surface area contributed by atoms with E-state index in [-0.39, 0.29) is 29.4 Å². The van der Waals surface area contributed by atoms with Crippen LogP contribution in [0.2, 0.25) is 0 Å². The zero-order valence-electron chi connectivity index (χ0n) is 11.0. The van der Waals surface area contributed by atoms with E-state index in [2.05, 4.69) is 15.9 Å². The Bertz CT molecular complexity index is 345. The minimum absolute atomic E-state index is 0.124. The minimum Gasteiger partial charge on any atom is -0.356 e. The smallest absolute Gasteiger partial charge is 0.164 e. The Morgan fingerprint density at radius 2 is 1.50 bits per heavy atom. The third-order valence-corrected chi connectivity index (χ3v) is 4.17. The summed E-state index contributed by atoms with van der Waals surface area (Å²) in [6, 6.07) is 0. The summed E-state index contributed by atoms with van der Waals surface area (Å²) in [4.78, 5) is 0. The highest BCUT2D eigenvalue weighted by atomic mass is 79.9. The van der Waals surface area contributed by atoms with Crippen molar-refractivity contribution in [2.75, 3.05) is 6.61 Å². The standard InChI is InChI=1S/C12H19BrO5/c1-11(2)14-5-6-7(16-11)8-9(10(13)15-6)18-12(3,4)17-8/h6-10H,5H2,1-4H3/t6-,7-,8+,9+,10+/m1/s1. The summed E-state index contributed by atoms with van der Waals surface area (Å²) in [5.74, 6) is -1.21. The Morgan fingerprint density at radius 1 is 0.889 bits per heavy atom. The van der Waals surface area contributed by atoms with Crippen LogP contribution in [0.5, 0.6) is 0 Å². The van der Waals surface area contributed by atoms with Gasteiger partial charge in [-0.25, -0.2) is 0 Å². The van der Waals surface area contributed by atoms with Gasteiger partial charge in [-0.2, -0.15) is 0 Å². The van der Waals surface area contributed by atoms with E-state index in [1.54, 1.807) is 0 Å². The van der Waals surface area contributed by atoms with Crippen LogP contribution in [0.1, 0.15) is 27.7 Å². The Hall–Kier alpha value is 0.280. The van der Waals surface area contributed by atoms with Crippen molar-refractivity contribution >= 4 is 15.9 Å². The van der Waals surface area contributed by atoms with Gasteiger partial charge >= 0.3 is 0 Å². The molecule has 3 aliphatic heterocycles. The molecule has 0 bridgehead atoms. The van der Waals surface area contributed by atoms with Gasteiger partial charge in [-0.1, -0.05) is 15.9 Å². The van der Waals surface area contributed by atoms with Gasteiger partial charge in [0.05, 0.1) is 6.61 Å². The molecule has 0 aromatic carbocycles. The highest BCUT2D eigenvalue weighted by molar-refractivity contribution is 9.09. The van der Waals surface area contributed by atoms with E-state index in [9.17, 15) is 0 Å². The van der Waals surface area contributed by atoms with E-state index in [4.69, 9.17) is 23.7 Å². The third kappa shape index (κ3) is 2.23. The average Bonchev–Trinajstić information content (AvgIpc) is 2.56. The first-order chi connectivity index (χ1) is 8.27. The second-order valence-corrected chi connectivity index (χ2v) is 6.79. The molecule has 3 fully saturated rings. The van der Waals surface area contributed by atoms with Crippen molar-refractivity contribution < 1.29 is 23.7 Å². The highest BCUT2D eigenvalue weighted by Gasteiger charge is 2.57. The molecule has 3 aliphatic rings. The first-order valence-corrected chi connectivity index (χ1v) is 7.16. The average molecular weight is 323 g/mol. The summed E-state index contributed by atoms with van der Waals surface area (Å²) in [6.45, 7) is 8.13. The molecule has 0 radical (unpaired) electrons. The molecular formula is C12H19BrO5. The second-order valence-electron chi connectivity index (χ2n) is 5.88. The molecular weight excluding hydrogens is 304 g/mol. The largest absolute Gasteiger partial charge is 0.356 e. The van der Waals surface area contributed by atoms with Crippen LogP contribution in [0.15, 0.2) is 0 Å². The molecule has 0 aromatic rings. The van der Waals surface area contributed by atoms with Crippen LogP contribution in [-0.4, -0.2) is 47.6 Å². The predicted molar refractivity (Wildman–Crippen MR) is 66.3 cm³/mol. The Balaban J connectivity index is 1.84. The molecule has 6 heteroatoms. The molecule has 0 saturated carbocycles. The molecule has 0 unspecified atom stereocenters. The first kappa shape index (κ1) is 13.3. The number of fused-ring (bicyclic) bond motifs is 3. The van der Waals surface area contributed by atoms with Gasteiger partial charge in [-0.15, -0.1) is 0 Å². The molecule has 5 atom stereocenters. The molecule has 0 aliphatic carbocycles. The summed E-state index contributed by atoms with van der Waals surface area (Å²) >= 11 is 3.50. The van der Waals surface area contributed by atoms with Crippen LogP contribution in [0.25, 0.3) is 0 Å². The van der Waals surface area contributed by atoms with Crippen molar-refractivity contribution in [3.05, 3.63) is 0 Å². The van der Waals surface area contributed by atoms with Gasteiger partial charge in [-0.3, -0.25) is 0 Å². The molecule has 3 heterocycles. The van der Waals surface area contributed by atoms with Crippen molar-refractivity contribution in [3.63, 3.8) is 0 Å². The van der Waals surface area contributed by atoms with Crippen molar-refractivity contribution in [1.29, 1.82) is 0 Å². The minimum atomic E-state index is -0.607. The normalized spacial score (nSPS) is 49.5. The van der Waals surface area contributed by atoms with E-state index < -0.39 is 11.6 Å². The van der Waals surface area contributed by atoms with E-state index in [0.29, 0.717) is 6.61 Å². The fourth-order valence-electron chi connectivity index (χ4n) is 2.73. The Morgan fingerprint density at radius 3 is 2.22 bits per heavy atom. The van der Waals surface area contributed by atoms with Gasteiger partial charge < -0.3 is 23.7 Å². The summed E-state index contributed by atoms with van der Waals surface area (Å²) < 4.78 is 29.3. The number of ether oxygens (including phenoxy) is 5. The van der Waals surface area contributed by atoms with Gasteiger partial charge in [0, 0.05) is 0 Å². The Labute approximate surface area is 115 Å². The zero-order valence-corrected chi connectivity index (χ0v) is 12.6. The predicted octanol–water partition coefficient (Wildman–Crippen LogP) is 1.78. The Kier molecular flexibility index (Phi) is 3.05. The maximum Gasteiger partial charge on any atom is 0.164 e. The van der Waals surface area contributed by atoms with Crippen molar-refractivity contribution in [3.8, 4) is 0 Å². The van der Waals surface area contributed by atoms with Gasteiger partial charge in [0.1, 0.15) is 29.4 Å². The highest BCUT2D eigenvalue weighted by Crippen LogP contribution is 2.43. The fraction of sp³-hybridized carbons (Fsp3) is 1.00. The molecule has 0 N–H and O–H groups in total. The van der Waals surface area contributed by atoms with Crippen LogP contribution in [0.4, 0.5) is 0 Å². The topological polar surface area (TPSA) is 46.2 Å². The molecule has 3 rings (SSSR count). The number of hydrogen-bond donors (Lipinski definition) is 0. The maximum absolute atomic E-state index is 5.97. The van der Waals surface area contributed by atoms with Gasteiger partial charge in [0.2, 0.25) is 0 Å². The lowest BCUT2D eigenvalue weighted by Crippen LogP contribution is -2.62. The van der Waals surface area contributed by atoms with E-state index in [1.807, 2.05) is 27.7 Å². The van der Waals surface area contributed by atoms with Crippen LogP contribution in [-0.2, 0) is 23.7 Å². The third-order valence-electron chi connectivity index (χ3n) is 3.43. The molecule has 3 saturated heterocycles. The number of rotatable bonds is 0. The van der Waals surface area contributed by atoms with Gasteiger partial charge in [0.15, 0.2) is 11.6 Å². The molecule has 5 nitrogen and oxygen atoms in total. The van der Waals surface area contributed by atoms with E-state index in [0.717, 1.165) is 0 Å². The summed E-state index contributed by atoms with van der Waals surface area (Å²) in [5.41, 5.74) is 0. The molecule has 0 amide bonds. The van der Waals surface area contributed by atoms with Crippen molar-refractivity contribution in [1.82, 2.24) is 0 Å². The second kappa shape index (κ2) is 4.14. The molecule has 0 aromatic heterocycles. The summed E-state index contributed by atoms with van der Waals surface area (Å²) in [7, 11) is 0. The number of halogens is 1. The van der Waals surface area contributed by atoms with Crippen LogP contribution in [0, 0.1) is 0 Å².